The third kappa shape index (κ3) is 33.9. The smallest absolute Gasteiger partial charge is 0.331 e. The van der Waals surface area contributed by atoms with Gasteiger partial charge in [0.15, 0.2) is 0 Å². The molecule has 0 aliphatic heterocycles. The first-order chi connectivity index (χ1) is 69.3. The van der Waals surface area contributed by atoms with Crippen LogP contribution in [0.15, 0.2) is 399 Å². The van der Waals surface area contributed by atoms with Crippen molar-refractivity contribution in [2.75, 3.05) is 36.9 Å². The lowest BCUT2D eigenvalue weighted by molar-refractivity contribution is -0.386. The molecule has 7 aromatic heterocycles. The van der Waals surface area contributed by atoms with Gasteiger partial charge in [0, 0.05) is 61.0 Å². The maximum atomic E-state index is 13.7. The topological polar surface area (TPSA) is 399 Å². The van der Waals surface area contributed by atoms with Crippen molar-refractivity contribution in [3.8, 4) is 98.7 Å². The summed E-state index contributed by atoms with van der Waals surface area (Å²) in [7, 11) is 4.88. The molecule has 0 unspecified atom stereocenters. The second-order valence-electron chi connectivity index (χ2n) is 29.2. The van der Waals surface area contributed by atoms with Gasteiger partial charge in [-0.1, -0.05) is 188 Å². The first-order valence-electron chi connectivity index (χ1n) is 43.0. The van der Waals surface area contributed by atoms with Crippen LogP contribution in [0.4, 0.5) is 38.5 Å². The van der Waals surface area contributed by atoms with E-state index in [0.29, 0.717) is 89.6 Å². The van der Waals surface area contributed by atoms with Gasteiger partial charge in [-0.25, -0.2) is 19.9 Å². The number of ether oxygens (including phenoxy) is 10. The van der Waals surface area contributed by atoms with Crippen molar-refractivity contribution in [3.05, 3.63) is 464 Å². The van der Waals surface area contributed by atoms with Crippen LogP contribution < -0.4 is 68.5 Å². The van der Waals surface area contributed by atoms with Crippen LogP contribution in [0.3, 0.4) is 0 Å². The lowest BCUT2D eigenvalue weighted by Crippen LogP contribution is -2.28. The van der Waals surface area contributed by atoms with Crippen molar-refractivity contribution in [2.45, 2.75) is 39.8 Å². The Morgan fingerprint density at radius 3 is 1.08 bits per heavy atom. The van der Waals surface area contributed by atoms with Gasteiger partial charge in [0.25, 0.3) is 17.3 Å². The van der Waals surface area contributed by atoms with Crippen molar-refractivity contribution in [1.82, 2.24) is 34.9 Å². The molecule has 17 rings (SSSR count). The fourth-order valence-corrected chi connectivity index (χ4v) is 13.8. The minimum Gasteiger partial charge on any atom is -0.496 e. The standard InChI is InChI=1S/C21H19BrN2O3.C21H19FN2O3.C20H18BrNO2.C11H7BrN2O3.C11H9BrN2O.C11H8N2O4.C11H8N2O3/c2*1-15(25)24(14-16-8-6-7-11-19(16)26-2)18-12-13-20(22)23-21(18)27-17-9-4-3-5-10-17;1-23-18-10-6-5-7-15(18)11-12-16-13-14-19(21)22-20(16)24-17-8-3-2-4-9-17;12-10-7-6-9(14(15)16)11(13-10)17-8-4-2-1-3-5-8;12-10-7-6-9(13)11(14-10)15-8-4-2-1-3-5-8;14-10-7-6-9(13(15)16)11(12-10)17-8-4-2-1-3-5-8;14-13(15)10-7-4-8-12-11(10)16-9-5-2-1-3-6-9/h2*3-13H,14H2,1-2H3;2-10,13-14H,11-12H2,1H3;1-7H;1-7H,13H2;1-7H,(H,12,14);1-8H/i;22-1;;;;;. The molecule has 0 saturated heterocycles. The molecule has 143 heavy (non-hydrogen) atoms. The Morgan fingerprint density at radius 1 is 0.336 bits per heavy atom. The number of nitrogens with two attached hydrogens (primary N) is 1. The molecule has 726 valence electrons. The molecular formula is C106H88Br4FN13O19. The first kappa shape index (κ1) is 106. The quantitative estimate of drug-likeness (QED) is 0.0250. The zero-order valence-electron chi connectivity index (χ0n) is 76.8. The third-order valence-electron chi connectivity index (χ3n) is 19.3. The molecule has 32 nitrogen and oxygen atoms in total. The summed E-state index contributed by atoms with van der Waals surface area (Å²) in [6.07, 6.45) is 3.13. The van der Waals surface area contributed by atoms with Crippen molar-refractivity contribution in [3.63, 3.8) is 0 Å². The number of pyridine rings is 7. The highest BCUT2D eigenvalue weighted by Gasteiger charge is 2.26. The number of nitrogen functional groups attached to an aromatic ring is 1. The molecule has 0 atom stereocenters. The molecule has 0 saturated carbocycles. The monoisotopic (exact) mass is 2180 g/mol. The average Bonchev–Trinajstić information content (AvgIpc) is 0.837. The van der Waals surface area contributed by atoms with E-state index in [0.717, 1.165) is 69.3 Å². The van der Waals surface area contributed by atoms with E-state index in [9.17, 15) is 49.1 Å². The predicted octanol–water partition coefficient (Wildman–Crippen LogP) is 26.8. The number of amides is 2. The zero-order valence-corrected chi connectivity index (χ0v) is 83.1. The summed E-state index contributed by atoms with van der Waals surface area (Å²) >= 11 is 13.2. The zero-order chi connectivity index (χ0) is 102. The van der Waals surface area contributed by atoms with Gasteiger partial charge in [0.05, 0.1) is 54.9 Å². The molecule has 0 radical (unpaired) electrons. The van der Waals surface area contributed by atoms with Crippen molar-refractivity contribution in [2.24, 2.45) is 0 Å². The van der Waals surface area contributed by atoms with Crippen LogP contribution >= 0.6 is 63.7 Å². The minimum atomic E-state index is -0.689. The van der Waals surface area contributed by atoms with Crippen LogP contribution in [0.5, 0.6) is 98.7 Å². The highest BCUT2D eigenvalue weighted by molar-refractivity contribution is 9.11. The summed E-state index contributed by atoms with van der Waals surface area (Å²) in [5.41, 5.74) is 10.1. The van der Waals surface area contributed by atoms with Crippen LogP contribution in [0, 0.1) is 36.3 Å². The molecule has 7 heterocycles. The van der Waals surface area contributed by atoms with E-state index in [1.807, 2.05) is 194 Å². The van der Waals surface area contributed by atoms with Gasteiger partial charge in [0.2, 0.25) is 41.3 Å². The third-order valence-corrected chi connectivity index (χ3v) is 21.1. The number of nitro groups is 3. The second kappa shape index (κ2) is 55.4. The second-order valence-corrected chi connectivity index (χ2v) is 32.4. The molecule has 17 aromatic rings. The maximum Gasteiger partial charge on any atom is 0.331 e. The Morgan fingerprint density at radius 2 is 0.650 bits per heavy atom. The summed E-state index contributed by atoms with van der Waals surface area (Å²) in [6, 6.07) is 108. The number of carbonyl (C=O) groups is 2. The summed E-state index contributed by atoms with van der Waals surface area (Å²) in [5, 5.41) is 32.2. The van der Waals surface area contributed by atoms with E-state index in [1.165, 1.54) is 66.9 Å². The fourth-order valence-electron chi connectivity index (χ4n) is 12.6. The van der Waals surface area contributed by atoms with Gasteiger partial charge >= 0.3 is 22.9 Å². The Hall–Kier alpha value is -17.2. The number of rotatable bonds is 29. The SMILES string of the molecule is COc1ccccc1CCc1ccc(Br)nc1Oc1ccccc1.COc1ccccc1CN(C(C)=O)c1ccc(Br)nc1Oc1ccccc1.COc1ccccc1CN(C(C)=O)c1ccc([18F])nc1Oc1ccccc1.Nc1ccc(Br)nc1Oc1ccccc1.O=[N+]([O-])c1ccc(Br)nc1Oc1ccccc1.O=[N+]([O-])c1cccnc1Oc1ccccc1.O=c1ccc([N+](=O)[O-])c(Oc2ccccc2)[nH]1. The molecule has 0 fully saturated rings. The number of hydrogen-bond donors (Lipinski definition) is 2. The number of aryl methyl sites for hydroxylation is 2. The molecule has 37 heteroatoms. The van der Waals surface area contributed by atoms with Gasteiger partial charge in [0.1, 0.15) is 87.3 Å². The largest absolute Gasteiger partial charge is 0.496 e. The molecule has 0 aliphatic carbocycles. The number of methoxy groups -OCH3 is 3. The molecule has 3 N–H and O–H groups in total. The van der Waals surface area contributed by atoms with Gasteiger partial charge in [-0.15, -0.1) is 0 Å². The first-order valence-corrected chi connectivity index (χ1v) is 46.2. The molecule has 0 aliphatic rings. The molecular weight excluding hydrogens is 2100 g/mol. The van der Waals surface area contributed by atoms with Crippen molar-refractivity contribution in [1.29, 1.82) is 0 Å². The maximum absolute atomic E-state index is 13.7. The summed E-state index contributed by atoms with van der Waals surface area (Å²) in [6.45, 7) is 3.53. The summed E-state index contributed by atoms with van der Waals surface area (Å²) in [5.74, 6) is 6.52. The summed E-state index contributed by atoms with van der Waals surface area (Å²) in [4.78, 5) is 96.5. The highest BCUT2D eigenvalue weighted by atomic mass is 79.9. The minimum absolute atomic E-state index is 0.00120. The van der Waals surface area contributed by atoms with Gasteiger partial charge in [-0.2, -0.15) is 14.4 Å². The van der Waals surface area contributed by atoms with E-state index in [1.54, 1.807) is 148 Å². The number of para-hydroxylation sites is 10. The predicted molar refractivity (Wildman–Crippen MR) is 553 cm³/mol. The number of benzene rings is 10. The number of aromatic amines is 1. The van der Waals surface area contributed by atoms with Crippen molar-refractivity contribution < 1.29 is 76.1 Å². The molecule has 2 amide bonds. The van der Waals surface area contributed by atoms with E-state index in [-0.39, 0.29) is 58.9 Å². The number of nitrogens with zero attached hydrogens (tertiary/aromatic N) is 11. The van der Waals surface area contributed by atoms with Crippen LogP contribution in [-0.2, 0) is 35.5 Å². The van der Waals surface area contributed by atoms with Crippen LogP contribution in [0.2, 0.25) is 0 Å². The lowest BCUT2D eigenvalue weighted by Gasteiger charge is -2.24. The molecule has 0 spiro atoms. The number of carbonyl (C=O) groups excluding carboxylic acids is 2. The Bertz CT molecular complexity index is 6950. The number of aromatic nitrogens is 7. The van der Waals surface area contributed by atoms with Gasteiger partial charge < -0.3 is 62.9 Å². The van der Waals surface area contributed by atoms with E-state index in [4.69, 9.17) is 53.1 Å². The molecule has 0 bridgehead atoms. The van der Waals surface area contributed by atoms with E-state index >= 15 is 0 Å². The molecule has 10 aromatic carbocycles. The summed E-state index contributed by atoms with van der Waals surface area (Å²) < 4.78 is 71.6. The average molecular weight is 2190 g/mol. The fraction of sp³-hybridized carbons (Fsp3) is 0.0849. The lowest BCUT2D eigenvalue weighted by atomic mass is 10.0. The van der Waals surface area contributed by atoms with Crippen LogP contribution in [-0.4, -0.2) is 82.8 Å². The number of halogens is 5. The number of H-pyrrole nitrogens is 1. The number of nitrogens with one attached hydrogen (secondary N) is 1. The number of hydrogen-bond acceptors (Lipinski definition) is 26. The van der Waals surface area contributed by atoms with E-state index in [2.05, 4.69) is 105 Å². The van der Waals surface area contributed by atoms with Gasteiger partial charge in [-0.05, 0) is 240 Å². The van der Waals surface area contributed by atoms with Crippen LogP contribution in [0.1, 0.15) is 36.1 Å². The van der Waals surface area contributed by atoms with Gasteiger partial charge in [-0.3, -0.25) is 49.7 Å². The Kier molecular flexibility index (Phi) is 41.2. The normalized spacial score (nSPS) is 10.1. The van der Waals surface area contributed by atoms with Crippen molar-refractivity contribution >= 4 is 110 Å². The highest BCUT2D eigenvalue weighted by Crippen LogP contribution is 2.39. The van der Waals surface area contributed by atoms with Crippen LogP contribution in [0.25, 0.3) is 0 Å². The number of anilines is 3. The Balaban J connectivity index is 0.000000161. The van der Waals surface area contributed by atoms with E-state index < -0.39 is 26.3 Å². The Labute approximate surface area is 853 Å².